The molecular formula is C23H17N3O3. The molecule has 0 saturated carbocycles. The van der Waals surface area contributed by atoms with Crippen LogP contribution in [0.1, 0.15) is 11.1 Å². The van der Waals surface area contributed by atoms with Crippen LogP contribution in [0.15, 0.2) is 82.2 Å². The summed E-state index contributed by atoms with van der Waals surface area (Å²) in [6, 6.07) is 20.0. The largest absolute Gasteiger partial charge is 0.436 e. The van der Waals surface area contributed by atoms with Gasteiger partial charge in [-0.3, -0.25) is 15.1 Å². The van der Waals surface area contributed by atoms with Crippen LogP contribution in [0.4, 0.5) is 11.4 Å². The molecule has 3 aromatic carbocycles. The van der Waals surface area contributed by atoms with Crippen LogP contribution in [0, 0.1) is 17.0 Å². The maximum absolute atomic E-state index is 11.1. The van der Waals surface area contributed by atoms with Gasteiger partial charge < -0.3 is 4.42 Å². The molecule has 0 aliphatic rings. The summed E-state index contributed by atoms with van der Waals surface area (Å²) < 4.78 is 5.87. The molecule has 4 aromatic rings. The van der Waals surface area contributed by atoms with E-state index in [1.807, 2.05) is 49.4 Å². The number of allylic oxidation sites excluding steroid dienone is 1. The highest BCUT2D eigenvalue weighted by atomic mass is 16.6. The second-order valence-electron chi connectivity index (χ2n) is 6.39. The third-order valence-electron chi connectivity index (χ3n) is 4.54. The first-order valence-electron chi connectivity index (χ1n) is 9.03. The molecule has 0 amide bonds. The summed E-state index contributed by atoms with van der Waals surface area (Å²) in [5, 5.41) is 11.1. The first kappa shape index (κ1) is 18.3. The number of nitro groups is 1. The van der Waals surface area contributed by atoms with E-state index in [0.29, 0.717) is 11.5 Å². The van der Waals surface area contributed by atoms with E-state index in [2.05, 4.69) is 9.98 Å². The van der Waals surface area contributed by atoms with Crippen molar-refractivity contribution in [3.05, 3.63) is 94.0 Å². The Morgan fingerprint density at radius 1 is 1.03 bits per heavy atom. The van der Waals surface area contributed by atoms with E-state index in [1.54, 1.807) is 36.6 Å². The Labute approximate surface area is 167 Å². The van der Waals surface area contributed by atoms with E-state index in [9.17, 15) is 10.1 Å². The average Bonchev–Trinajstić information content (AvgIpc) is 3.16. The first-order chi connectivity index (χ1) is 14.1. The van der Waals surface area contributed by atoms with Crippen molar-refractivity contribution in [3.63, 3.8) is 0 Å². The summed E-state index contributed by atoms with van der Waals surface area (Å²) >= 11 is 0. The van der Waals surface area contributed by atoms with E-state index < -0.39 is 4.92 Å². The number of aromatic nitrogens is 1. The standard InChI is InChI=1S/C23H17N3O3/c1-16-18(23-25-20-11-3-5-14-22(20)29-23)10-6-12-19(16)24-15-7-9-17-8-2-4-13-21(17)26(27)28/h2-15H,1H3/b9-7-,24-15?. The van der Waals surface area contributed by atoms with Gasteiger partial charge >= 0.3 is 0 Å². The summed E-state index contributed by atoms with van der Waals surface area (Å²) in [5.41, 5.74) is 4.73. The molecule has 142 valence electrons. The van der Waals surface area contributed by atoms with E-state index in [1.165, 1.54) is 6.07 Å². The van der Waals surface area contributed by atoms with Gasteiger partial charge in [-0.25, -0.2) is 4.98 Å². The highest BCUT2D eigenvalue weighted by molar-refractivity contribution is 5.83. The van der Waals surface area contributed by atoms with Gasteiger partial charge in [0.25, 0.3) is 5.69 Å². The third kappa shape index (κ3) is 3.82. The van der Waals surface area contributed by atoms with Crippen molar-refractivity contribution in [1.82, 2.24) is 4.98 Å². The van der Waals surface area contributed by atoms with Crippen LogP contribution in [0.25, 0.3) is 28.6 Å². The molecule has 6 heteroatoms. The fourth-order valence-electron chi connectivity index (χ4n) is 3.05. The average molecular weight is 383 g/mol. The number of nitrogens with zero attached hydrogens (tertiary/aromatic N) is 3. The van der Waals surface area contributed by atoms with Crippen LogP contribution in [0.3, 0.4) is 0 Å². The Bertz CT molecular complexity index is 1220. The lowest BCUT2D eigenvalue weighted by molar-refractivity contribution is -0.385. The van der Waals surface area contributed by atoms with Gasteiger partial charge in [0.05, 0.1) is 16.2 Å². The number of benzene rings is 3. The lowest BCUT2D eigenvalue weighted by Crippen LogP contribution is -1.90. The van der Waals surface area contributed by atoms with Gasteiger partial charge in [-0.05, 0) is 55.0 Å². The Kier molecular flexibility index (Phi) is 4.99. The number of nitro benzene ring substituents is 1. The van der Waals surface area contributed by atoms with Gasteiger partial charge in [0.15, 0.2) is 5.58 Å². The molecule has 0 atom stereocenters. The van der Waals surface area contributed by atoms with Crippen LogP contribution in [-0.2, 0) is 0 Å². The highest BCUT2D eigenvalue weighted by Crippen LogP contribution is 2.31. The summed E-state index contributed by atoms with van der Waals surface area (Å²) in [5.74, 6) is 0.552. The van der Waals surface area contributed by atoms with Gasteiger partial charge in [0.2, 0.25) is 5.89 Å². The molecule has 29 heavy (non-hydrogen) atoms. The summed E-state index contributed by atoms with van der Waals surface area (Å²) in [6.45, 7) is 1.96. The van der Waals surface area contributed by atoms with Crippen LogP contribution in [-0.4, -0.2) is 16.1 Å². The molecule has 0 aliphatic carbocycles. The molecule has 6 nitrogen and oxygen atoms in total. The van der Waals surface area contributed by atoms with Crippen molar-refractivity contribution < 1.29 is 9.34 Å². The number of aliphatic imine (C=N–C) groups is 1. The van der Waals surface area contributed by atoms with Crippen LogP contribution >= 0.6 is 0 Å². The predicted octanol–water partition coefficient (Wildman–Crippen LogP) is 6.13. The van der Waals surface area contributed by atoms with Gasteiger partial charge in [-0.2, -0.15) is 0 Å². The highest BCUT2D eigenvalue weighted by Gasteiger charge is 2.12. The molecule has 0 spiro atoms. The number of oxazole rings is 1. The van der Waals surface area contributed by atoms with Crippen molar-refractivity contribution in [2.45, 2.75) is 6.92 Å². The zero-order chi connectivity index (χ0) is 20.2. The normalized spacial score (nSPS) is 11.6. The molecule has 1 heterocycles. The van der Waals surface area contributed by atoms with Crippen molar-refractivity contribution in [2.24, 2.45) is 4.99 Å². The SMILES string of the molecule is Cc1c(N=C/C=C\c2ccccc2[N+](=O)[O-])cccc1-c1nc2ccccc2o1. The van der Waals surface area contributed by atoms with Gasteiger partial charge in [-0.15, -0.1) is 0 Å². The quantitative estimate of drug-likeness (QED) is 0.236. The van der Waals surface area contributed by atoms with Crippen molar-refractivity contribution in [1.29, 1.82) is 0 Å². The number of fused-ring (bicyclic) bond motifs is 1. The number of para-hydroxylation sites is 3. The minimum Gasteiger partial charge on any atom is -0.436 e. The second-order valence-corrected chi connectivity index (χ2v) is 6.39. The number of hydrogen-bond acceptors (Lipinski definition) is 5. The van der Waals surface area contributed by atoms with E-state index >= 15 is 0 Å². The van der Waals surface area contributed by atoms with E-state index in [0.717, 1.165) is 27.9 Å². The molecule has 1 aromatic heterocycles. The van der Waals surface area contributed by atoms with Gasteiger partial charge in [0.1, 0.15) is 5.52 Å². The van der Waals surface area contributed by atoms with Crippen LogP contribution in [0.2, 0.25) is 0 Å². The molecule has 4 rings (SSSR count). The lowest BCUT2D eigenvalue weighted by atomic mass is 10.1. The fourth-order valence-corrected chi connectivity index (χ4v) is 3.05. The molecular weight excluding hydrogens is 366 g/mol. The molecule has 0 unspecified atom stereocenters. The first-order valence-corrected chi connectivity index (χ1v) is 9.03. The molecule has 0 fully saturated rings. The monoisotopic (exact) mass is 383 g/mol. The molecule has 0 bridgehead atoms. The number of rotatable bonds is 5. The van der Waals surface area contributed by atoms with Crippen LogP contribution in [0.5, 0.6) is 0 Å². The Balaban J connectivity index is 1.60. The van der Waals surface area contributed by atoms with Crippen molar-refractivity contribution in [2.75, 3.05) is 0 Å². The predicted molar refractivity (Wildman–Crippen MR) is 114 cm³/mol. The minimum absolute atomic E-state index is 0.0614. The van der Waals surface area contributed by atoms with E-state index in [-0.39, 0.29) is 5.69 Å². The molecule has 0 N–H and O–H groups in total. The third-order valence-corrected chi connectivity index (χ3v) is 4.54. The zero-order valence-corrected chi connectivity index (χ0v) is 15.6. The zero-order valence-electron chi connectivity index (χ0n) is 15.6. The Morgan fingerprint density at radius 2 is 1.83 bits per heavy atom. The Morgan fingerprint density at radius 3 is 2.66 bits per heavy atom. The topological polar surface area (TPSA) is 81.5 Å². The van der Waals surface area contributed by atoms with Gasteiger partial charge in [-0.1, -0.05) is 30.3 Å². The number of hydrogen-bond donors (Lipinski definition) is 0. The smallest absolute Gasteiger partial charge is 0.276 e. The molecule has 0 radical (unpaired) electrons. The summed E-state index contributed by atoms with van der Waals surface area (Å²) in [6.07, 6.45) is 4.98. The molecule has 0 aliphatic heterocycles. The fraction of sp³-hybridized carbons (Fsp3) is 0.0435. The van der Waals surface area contributed by atoms with Crippen LogP contribution < -0.4 is 0 Å². The Hall–Kier alpha value is -4.06. The maximum atomic E-state index is 11.1. The van der Waals surface area contributed by atoms with Gasteiger partial charge in [0, 0.05) is 17.8 Å². The lowest BCUT2D eigenvalue weighted by Gasteiger charge is -2.04. The van der Waals surface area contributed by atoms with Crippen molar-refractivity contribution in [3.8, 4) is 11.5 Å². The van der Waals surface area contributed by atoms with Crippen molar-refractivity contribution >= 4 is 34.8 Å². The minimum atomic E-state index is -0.398. The molecule has 0 saturated heterocycles. The maximum Gasteiger partial charge on any atom is 0.276 e. The van der Waals surface area contributed by atoms with E-state index in [4.69, 9.17) is 4.42 Å². The summed E-state index contributed by atoms with van der Waals surface area (Å²) in [7, 11) is 0. The second kappa shape index (κ2) is 7.90. The summed E-state index contributed by atoms with van der Waals surface area (Å²) in [4.78, 5) is 19.7.